The maximum atomic E-state index is 12.0. The van der Waals surface area contributed by atoms with Crippen LogP contribution in [0.4, 0.5) is 5.69 Å². The van der Waals surface area contributed by atoms with Gasteiger partial charge < -0.3 is 9.15 Å². The molecule has 0 aliphatic rings. The monoisotopic (exact) mass is 299 g/mol. The Morgan fingerprint density at radius 3 is 2.68 bits per heavy atom. The third-order valence-electron chi connectivity index (χ3n) is 3.34. The maximum absolute atomic E-state index is 12.0. The van der Waals surface area contributed by atoms with Crippen molar-refractivity contribution >= 4 is 33.4 Å². The van der Waals surface area contributed by atoms with Gasteiger partial charge in [0.25, 0.3) is 5.69 Å². The van der Waals surface area contributed by atoms with Crippen LogP contribution in [0.5, 0.6) is 0 Å². The van der Waals surface area contributed by atoms with Gasteiger partial charge in [0.1, 0.15) is 5.58 Å². The van der Waals surface area contributed by atoms with Gasteiger partial charge in [0.2, 0.25) is 0 Å². The number of carbonyl (C=O) groups excluding carboxylic acids is 1. The van der Waals surface area contributed by atoms with Gasteiger partial charge in [0.05, 0.1) is 23.0 Å². The molecule has 0 amide bonds. The molecule has 3 rings (SSSR count). The molecule has 0 radical (unpaired) electrons. The zero-order chi connectivity index (χ0) is 15.9. The molecule has 0 spiro atoms. The molecule has 0 atom stereocenters. The van der Waals surface area contributed by atoms with E-state index in [9.17, 15) is 19.7 Å². The Labute approximate surface area is 122 Å². The molecule has 0 bridgehead atoms. The molecule has 1 aromatic heterocycles. The number of nitrogens with zero attached hydrogens (tertiary/aromatic N) is 1. The lowest BCUT2D eigenvalue weighted by atomic mass is 10.0. The van der Waals surface area contributed by atoms with Crippen molar-refractivity contribution in [2.45, 2.75) is 0 Å². The Bertz CT molecular complexity index is 988. The normalized spacial score (nSPS) is 10.8. The van der Waals surface area contributed by atoms with E-state index in [1.54, 1.807) is 12.1 Å². The maximum Gasteiger partial charge on any atom is 0.344 e. The van der Waals surface area contributed by atoms with Gasteiger partial charge in [-0.2, -0.15) is 0 Å². The first-order valence-corrected chi connectivity index (χ1v) is 6.25. The molecule has 3 aromatic rings. The summed E-state index contributed by atoms with van der Waals surface area (Å²) in [6.07, 6.45) is 0. The van der Waals surface area contributed by atoms with Crippen molar-refractivity contribution in [3.63, 3.8) is 0 Å². The molecular weight excluding hydrogens is 290 g/mol. The highest BCUT2D eigenvalue weighted by molar-refractivity contribution is 6.14. The van der Waals surface area contributed by atoms with Gasteiger partial charge in [-0.25, -0.2) is 9.59 Å². The van der Waals surface area contributed by atoms with Crippen LogP contribution < -0.4 is 5.63 Å². The van der Waals surface area contributed by atoms with E-state index >= 15 is 0 Å². The summed E-state index contributed by atoms with van der Waals surface area (Å²) >= 11 is 0. The molecule has 110 valence electrons. The summed E-state index contributed by atoms with van der Waals surface area (Å²) < 4.78 is 9.88. The minimum atomic E-state index is -0.701. The fraction of sp³-hybridized carbons (Fsp3) is 0.0667. The fourth-order valence-corrected chi connectivity index (χ4v) is 2.36. The predicted molar refractivity (Wildman–Crippen MR) is 78.0 cm³/mol. The second-order valence-corrected chi connectivity index (χ2v) is 4.55. The fourth-order valence-electron chi connectivity index (χ4n) is 2.36. The van der Waals surface area contributed by atoms with Crippen molar-refractivity contribution in [1.29, 1.82) is 0 Å². The highest BCUT2D eigenvalue weighted by Gasteiger charge is 2.18. The number of rotatable bonds is 2. The SMILES string of the molecule is COC(=O)c1cccc2oc(=O)c3cc([N+](=O)[O-])ccc3c12. The van der Waals surface area contributed by atoms with Crippen LogP contribution in [0.15, 0.2) is 45.6 Å². The first-order valence-electron chi connectivity index (χ1n) is 6.25. The van der Waals surface area contributed by atoms with Crippen LogP contribution in [0.25, 0.3) is 21.7 Å². The Hall–Kier alpha value is -3.22. The molecule has 0 unspecified atom stereocenters. The van der Waals surface area contributed by atoms with Crippen LogP contribution in [-0.2, 0) is 4.74 Å². The van der Waals surface area contributed by atoms with Gasteiger partial charge in [-0.05, 0) is 18.2 Å². The summed E-state index contributed by atoms with van der Waals surface area (Å²) in [5, 5.41) is 11.7. The van der Waals surface area contributed by atoms with Crippen molar-refractivity contribution in [3.8, 4) is 0 Å². The molecule has 22 heavy (non-hydrogen) atoms. The number of nitro benzene ring substituents is 1. The average Bonchev–Trinajstić information content (AvgIpc) is 2.53. The second-order valence-electron chi connectivity index (χ2n) is 4.55. The molecule has 7 heteroatoms. The zero-order valence-corrected chi connectivity index (χ0v) is 11.4. The zero-order valence-electron chi connectivity index (χ0n) is 11.4. The number of benzene rings is 2. The molecule has 0 fully saturated rings. The lowest BCUT2D eigenvalue weighted by molar-refractivity contribution is -0.384. The lowest BCUT2D eigenvalue weighted by Crippen LogP contribution is -2.06. The first-order chi connectivity index (χ1) is 10.5. The standard InChI is InChI=1S/C15H9NO6/c1-21-14(17)10-3-2-4-12-13(10)9-6-5-8(16(19)20)7-11(9)15(18)22-12/h2-7H,1H3. The number of fused-ring (bicyclic) bond motifs is 3. The van der Waals surface area contributed by atoms with Crippen LogP contribution in [0.3, 0.4) is 0 Å². The van der Waals surface area contributed by atoms with E-state index in [2.05, 4.69) is 0 Å². The Balaban J connectivity index is 2.51. The summed E-state index contributed by atoms with van der Waals surface area (Å²) in [6, 6.07) is 8.48. The van der Waals surface area contributed by atoms with Gasteiger partial charge in [0.15, 0.2) is 0 Å². The third-order valence-corrected chi connectivity index (χ3v) is 3.34. The van der Waals surface area contributed by atoms with Crippen molar-refractivity contribution in [1.82, 2.24) is 0 Å². The van der Waals surface area contributed by atoms with Crippen molar-refractivity contribution in [2.75, 3.05) is 7.11 Å². The van der Waals surface area contributed by atoms with Crippen LogP contribution >= 0.6 is 0 Å². The van der Waals surface area contributed by atoms with E-state index in [0.717, 1.165) is 6.07 Å². The molecule has 2 aromatic carbocycles. The number of hydrogen-bond donors (Lipinski definition) is 0. The van der Waals surface area contributed by atoms with E-state index in [1.807, 2.05) is 0 Å². The third kappa shape index (κ3) is 1.99. The van der Waals surface area contributed by atoms with Crippen molar-refractivity contribution < 1.29 is 18.9 Å². The number of hydrogen-bond acceptors (Lipinski definition) is 6. The molecular formula is C15H9NO6. The Kier molecular flexibility index (Phi) is 3.10. The lowest BCUT2D eigenvalue weighted by Gasteiger charge is -2.07. The molecule has 0 saturated heterocycles. The number of esters is 1. The van der Waals surface area contributed by atoms with Crippen LogP contribution in [0.1, 0.15) is 10.4 Å². The first kappa shape index (κ1) is 13.7. The molecule has 1 heterocycles. The molecule has 0 saturated carbocycles. The van der Waals surface area contributed by atoms with E-state index in [-0.39, 0.29) is 22.2 Å². The molecule has 7 nitrogen and oxygen atoms in total. The molecule has 0 aliphatic heterocycles. The minimum Gasteiger partial charge on any atom is -0.465 e. The van der Waals surface area contributed by atoms with Gasteiger partial charge in [-0.1, -0.05) is 6.07 Å². The van der Waals surface area contributed by atoms with E-state index < -0.39 is 16.5 Å². The number of non-ortho nitro benzene ring substituents is 1. The highest BCUT2D eigenvalue weighted by Crippen LogP contribution is 2.28. The van der Waals surface area contributed by atoms with Crippen molar-refractivity contribution in [2.24, 2.45) is 0 Å². The van der Waals surface area contributed by atoms with Gasteiger partial charge >= 0.3 is 11.6 Å². The number of ether oxygens (including phenoxy) is 1. The van der Waals surface area contributed by atoms with E-state index in [4.69, 9.17) is 9.15 Å². The second kappa shape index (κ2) is 4.96. The number of methoxy groups -OCH3 is 1. The van der Waals surface area contributed by atoms with Gasteiger partial charge in [-0.15, -0.1) is 0 Å². The topological polar surface area (TPSA) is 99.7 Å². The highest BCUT2D eigenvalue weighted by atomic mass is 16.6. The summed E-state index contributed by atoms with van der Waals surface area (Å²) in [7, 11) is 1.24. The Morgan fingerprint density at radius 2 is 2.00 bits per heavy atom. The predicted octanol–water partition coefficient (Wildman–Crippen LogP) is 2.64. The van der Waals surface area contributed by atoms with Crippen LogP contribution in [-0.4, -0.2) is 18.0 Å². The Morgan fingerprint density at radius 1 is 1.23 bits per heavy atom. The van der Waals surface area contributed by atoms with Gasteiger partial charge in [-0.3, -0.25) is 10.1 Å². The number of nitro groups is 1. The minimum absolute atomic E-state index is 0.0399. The quantitative estimate of drug-likeness (QED) is 0.237. The molecule has 0 aliphatic carbocycles. The smallest absolute Gasteiger partial charge is 0.344 e. The van der Waals surface area contributed by atoms with Crippen LogP contribution in [0, 0.1) is 10.1 Å². The van der Waals surface area contributed by atoms with Crippen LogP contribution in [0.2, 0.25) is 0 Å². The summed E-state index contributed by atoms with van der Waals surface area (Å²) in [6.45, 7) is 0. The summed E-state index contributed by atoms with van der Waals surface area (Å²) in [5.74, 6) is -0.584. The average molecular weight is 299 g/mol. The van der Waals surface area contributed by atoms with E-state index in [0.29, 0.717) is 10.8 Å². The summed E-state index contributed by atoms with van der Waals surface area (Å²) in [4.78, 5) is 34.1. The van der Waals surface area contributed by atoms with Crippen molar-refractivity contribution in [3.05, 3.63) is 62.5 Å². The van der Waals surface area contributed by atoms with E-state index in [1.165, 1.54) is 25.3 Å². The summed E-state index contributed by atoms with van der Waals surface area (Å²) in [5.41, 5.74) is -0.486. The van der Waals surface area contributed by atoms with Gasteiger partial charge in [0, 0.05) is 22.9 Å². The number of carbonyl (C=O) groups is 1. The largest absolute Gasteiger partial charge is 0.465 e. The molecule has 0 N–H and O–H groups in total.